The minimum atomic E-state index is -3.60. The number of nitrogens with zero attached hydrogens (tertiary/aromatic N) is 1. The van der Waals surface area contributed by atoms with E-state index in [0.717, 1.165) is 29.1 Å². The average Bonchev–Trinajstić information content (AvgIpc) is 2.62. The maximum absolute atomic E-state index is 12.4. The largest absolute Gasteiger partial charge is 0.331 e. The van der Waals surface area contributed by atoms with Crippen LogP contribution in [-0.4, -0.2) is 32.8 Å². The van der Waals surface area contributed by atoms with Crippen molar-refractivity contribution in [2.45, 2.75) is 25.3 Å². The minimum Gasteiger partial charge on any atom is -0.331 e. The Morgan fingerprint density at radius 1 is 1.07 bits per heavy atom. The summed E-state index contributed by atoms with van der Waals surface area (Å²) in [4.78, 5) is 12.4. The maximum atomic E-state index is 12.4. The standard InChI is InChI=1S/C19H24N4O3S/c1-23(2)27(25,26)22-16-10-6-9-15(13-16)20-19(24)21-18-12-5-8-14-7-3-4-11-17(14)18/h3-4,6-7,9-11,13,18,22H,5,8,12H2,1-2H3,(H2,20,21,24)/t18-/m0/s1. The Hall–Kier alpha value is -2.58. The van der Waals surface area contributed by atoms with Crippen LogP contribution in [0.2, 0.25) is 0 Å². The number of carbonyl (C=O) groups is 1. The molecule has 7 nitrogen and oxygen atoms in total. The molecule has 0 bridgehead atoms. The molecule has 1 aliphatic rings. The first kappa shape index (κ1) is 19.2. The number of anilines is 2. The smallest absolute Gasteiger partial charge is 0.319 e. The topological polar surface area (TPSA) is 90.5 Å². The van der Waals surface area contributed by atoms with Crippen LogP contribution in [-0.2, 0) is 16.6 Å². The Balaban J connectivity index is 1.66. The van der Waals surface area contributed by atoms with Gasteiger partial charge in [0.2, 0.25) is 0 Å². The van der Waals surface area contributed by atoms with Gasteiger partial charge in [0.1, 0.15) is 0 Å². The minimum absolute atomic E-state index is 0.0228. The number of amides is 2. The molecule has 0 radical (unpaired) electrons. The number of hydrogen-bond donors (Lipinski definition) is 3. The Morgan fingerprint density at radius 3 is 2.59 bits per heavy atom. The third kappa shape index (κ3) is 4.78. The highest BCUT2D eigenvalue weighted by atomic mass is 32.2. The molecule has 3 rings (SSSR count). The average molecular weight is 388 g/mol. The fraction of sp³-hybridized carbons (Fsp3) is 0.316. The van der Waals surface area contributed by atoms with E-state index in [1.807, 2.05) is 12.1 Å². The molecule has 2 aromatic carbocycles. The number of rotatable bonds is 5. The third-order valence-electron chi connectivity index (χ3n) is 4.52. The predicted molar refractivity (Wildman–Crippen MR) is 107 cm³/mol. The molecule has 144 valence electrons. The van der Waals surface area contributed by atoms with Gasteiger partial charge in [0, 0.05) is 19.8 Å². The molecule has 8 heteroatoms. The number of urea groups is 1. The Morgan fingerprint density at radius 2 is 1.81 bits per heavy atom. The van der Waals surface area contributed by atoms with Gasteiger partial charge in [-0.2, -0.15) is 12.7 Å². The molecule has 27 heavy (non-hydrogen) atoms. The Kier molecular flexibility index (Phi) is 5.67. The van der Waals surface area contributed by atoms with Crippen molar-refractivity contribution in [3.8, 4) is 0 Å². The lowest BCUT2D eigenvalue weighted by molar-refractivity contribution is 0.247. The summed E-state index contributed by atoms with van der Waals surface area (Å²) in [6, 6.07) is 14.4. The SMILES string of the molecule is CN(C)S(=O)(=O)Nc1cccc(NC(=O)N[C@H]2CCCc3ccccc32)c1. The molecule has 2 aromatic rings. The van der Waals surface area contributed by atoms with E-state index >= 15 is 0 Å². The molecule has 1 aliphatic carbocycles. The molecule has 1 atom stereocenters. The summed E-state index contributed by atoms with van der Waals surface area (Å²) in [7, 11) is -0.709. The van der Waals surface area contributed by atoms with Crippen molar-refractivity contribution in [2.75, 3.05) is 24.1 Å². The van der Waals surface area contributed by atoms with Crippen molar-refractivity contribution in [1.29, 1.82) is 0 Å². The van der Waals surface area contributed by atoms with Gasteiger partial charge < -0.3 is 10.6 Å². The molecule has 0 fully saturated rings. The zero-order valence-electron chi connectivity index (χ0n) is 15.4. The molecule has 0 spiro atoms. The highest BCUT2D eigenvalue weighted by Gasteiger charge is 2.21. The van der Waals surface area contributed by atoms with Crippen LogP contribution in [0.4, 0.5) is 16.2 Å². The summed E-state index contributed by atoms with van der Waals surface area (Å²) in [5.41, 5.74) is 3.32. The van der Waals surface area contributed by atoms with Crippen LogP contribution >= 0.6 is 0 Å². The number of benzene rings is 2. The predicted octanol–water partition coefficient (Wildman–Crippen LogP) is 3.10. The molecular weight excluding hydrogens is 364 g/mol. The van der Waals surface area contributed by atoms with Gasteiger partial charge in [-0.3, -0.25) is 4.72 Å². The molecule has 0 aliphatic heterocycles. The van der Waals surface area contributed by atoms with Gasteiger partial charge in [-0.15, -0.1) is 0 Å². The maximum Gasteiger partial charge on any atom is 0.319 e. The van der Waals surface area contributed by atoms with E-state index in [1.165, 1.54) is 19.7 Å². The van der Waals surface area contributed by atoms with Crippen molar-refractivity contribution in [1.82, 2.24) is 9.62 Å². The number of aryl methyl sites for hydroxylation is 1. The fourth-order valence-electron chi connectivity index (χ4n) is 3.13. The lowest BCUT2D eigenvalue weighted by Gasteiger charge is -2.26. The summed E-state index contributed by atoms with van der Waals surface area (Å²) in [6.45, 7) is 0. The van der Waals surface area contributed by atoms with Gasteiger partial charge >= 0.3 is 16.2 Å². The van der Waals surface area contributed by atoms with Crippen LogP contribution in [0.15, 0.2) is 48.5 Å². The van der Waals surface area contributed by atoms with Crippen LogP contribution in [0.1, 0.15) is 30.0 Å². The monoisotopic (exact) mass is 388 g/mol. The van der Waals surface area contributed by atoms with Crippen LogP contribution in [0.25, 0.3) is 0 Å². The van der Waals surface area contributed by atoms with E-state index in [-0.39, 0.29) is 12.1 Å². The Bertz CT molecular complexity index is 928. The molecule has 0 heterocycles. The summed E-state index contributed by atoms with van der Waals surface area (Å²) in [5.74, 6) is 0. The van der Waals surface area contributed by atoms with Crippen molar-refractivity contribution in [3.05, 3.63) is 59.7 Å². The summed E-state index contributed by atoms with van der Waals surface area (Å²) >= 11 is 0. The quantitative estimate of drug-likeness (QED) is 0.735. The van der Waals surface area contributed by atoms with Gasteiger partial charge in [-0.05, 0) is 48.6 Å². The molecule has 3 N–H and O–H groups in total. The van der Waals surface area contributed by atoms with Gasteiger partial charge in [0.15, 0.2) is 0 Å². The van der Waals surface area contributed by atoms with Gasteiger partial charge in [-0.25, -0.2) is 4.79 Å². The highest BCUT2D eigenvalue weighted by Crippen LogP contribution is 2.29. The number of fused-ring (bicyclic) bond motifs is 1. The first-order valence-electron chi connectivity index (χ1n) is 8.81. The molecule has 0 aromatic heterocycles. The van der Waals surface area contributed by atoms with Gasteiger partial charge in [-0.1, -0.05) is 30.3 Å². The zero-order valence-corrected chi connectivity index (χ0v) is 16.2. The van der Waals surface area contributed by atoms with E-state index in [1.54, 1.807) is 24.3 Å². The third-order valence-corrected chi connectivity index (χ3v) is 5.98. The second-order valence-corrected chi connectivity index (χ2v) is 8.60. The van der Waals surface area contributed by atoms with E-state index in [9.17, 15) is 13.2 Å². The van der Waals surface area contributed by atoms with Gasteiger partial charge in [0.25, 0.3) is 0 Å². The van der Waals surface area contributed by atoms with E-state index < -0.39 is 10.2 Å². The van der Waals surface area contributed by atoms with E-state index in [4.69, 9.17) is 0 Å². The van der Waals surface area contributed by atoms with Crippen LogP contribution < -0.4 is 15.4 Å². The number of nitrogens with one attached hydrogen (secondary N) is 3. The Labute approximate surface area is 160 Å². The van der Waals surface area contributed by atoms with E-state index in [0.29, 0.717) is 11.4 Å². The van der Waals surface area contributed by atoms with Crippen molar-refractivity contribution in [3.63, 3.8) is 0 Å². The molecule has 0 saturated carbocycles. The summed E-state index contributed by atoms with van der Waals surface area (Å²) in [5, 5.41) is 5.79. The molecular formula is C19H24N4O3S. The van der Waals surface area contributed by atoms with E-state index in [2.05, 4.69) is 27.5 Å². The molecule has 0 unspecified atom stereocenters. The number of hydrogen-bond acceptors (Lipinski definition) is 3. The molecule has 0 saturated heterocycles. The second kappa shape index (κ2) is 7.98. The summed E-state index contributed by atoms with van der Waals surface area (Å²) < 4.78 is 27.4. The van der Waals surface area contributed by atoms with Crippen molar-refractivity contribution < 1.29 is 13.2 Å². The second-order valence-electron chi connectivity index (χ2n) is 6.71. The number of carbonyl (C=O) groups excluding carboxylic acids is 1. The normalized spacial score (nSPS) is 16.5. The summed E-state index contributed by atoms with van der Waals surface area (Å²) in [6.07, 6.45) is 2.96. The lowest BCUT2D eigenvalue weighted by Crippen LogP contribution is -2.34. The first-order valence-corrected chi connectivity index (χ1v) is 10.2. The fourth-order valence-corrected chi connectivity index (χ4v) is 3.74. The highest BCUT2D eigenvalue weighted by molar-refractivity contribution is 7.90. The van der Waals surface area contributed by atoms with Crippen molar-refractivity contribution in [2.24, 2.45) is 0 Å². The van der Waals surface area contributed by atoms with Crippen LogP contribution in [0.3, 0.4) is 0 Å². The first-order chi connectivity index (χ1) is 12.8. The van der Waals surface area contributed by atoms with Crippen LogP contribution in [0.5, 0.6) is 0 Å². The molecule has 2 amide bonds. The van der Waals surface area contributed by atoms with Crippen LogP contribution in [0, 0.1) is 0 Å². The van der Waals surface area contributed by atoms with Gasteiger partial charge in [0.05, 0.1) is 11.7 Å². The zero-order chi connectivity index (χ0) is 19.4. The lowest BCUT2D eigenvalue weighted by atomic mass is 9.88. The van der Waals surface area contributed by atoms with Crippen molar-refractivity contribution >= 4 is 27.6 Å².